The van der Waals surface area contributed by atoms with Gasteiger partial charge in [0, 0.05) is 13.1 Å². The van der Waals surface area contributed by atoms with Crippen molar-refractivity contribution in [3.8, 4) is 17.2 Å². The van der Waals surface area contributed by atoms with Crippen LogP contribution in [0.2, 0.25) is 0 Å². The zero-order valence-electron chi connectivity index (χ0n) is 13.5. The molecule has 0 aromatic heterocycles. The van der Waals surface area contributed by atoms with E-state index in [4.69, 9.17) is 5.26 Å². The summed E-state index contributed by atoms with van der Waals surface area (Å²) in [6, 6.07) is 16.2. The van der Waals surface area contributed by atoms with Crippen LogP contribution in [0.3, 0.4) is 0 Å². The number of nitrogens with one attached hydrogen (secondary N) is 1. The molecular weight excluding hydrogens is 298 g/mol. The van der Waals surface area contributed by atoms with Crippen molar-refractivity contribution in [3.63, 3.8) is 0 Å². The third-order valence-electron chi connectivity index (χ3n) is 4.92. The Balaban J connectivity index is 1.57. The lowest BCUT2D eigenvalue weighted by molar-refractivity contribution is -0.133. The van der Waals surface area contributed by atoms with Crippen molar-refractivity contribution in [1.29, 1.82) is 5.26 Å². The van der Waals surface area contributed by atoms with Crippen LogP contribution in [0.4, 0.5) is 0 Å². The van der Waals surface area contributed by atoms with Crippen LogP contribution in [0.25, 0.3) is 11.1 Å². The number of fused-ring (bicyclic) bond motifs is 1. The number of carbonyl (C=O) groups excluding carboxylic acids is 1. The minimum absolute atomic E-state index is 0.00825. The summed E-state index contributed by atoms with van der Waals surface area (Å²) >= 11 is 0. The first-order valence-electron chi connectivity index (χ1n) is 8.39. The Bertz CT molecular complexity index is 831. The van der Waals surface area contributed by atoms with Gasteiger partial charge < -0.3 is 10.2 Å². The van der Waals surface area contributed by atoms with Gasteiger partial charge in [0.25, 0.3) is 0 Å². The van der Waals surface area contributed by atoms with E-state index in [0.717, 1.165) is 30.5 Å². The second-order valence-electron chi connectivity index (χ2n) is 6.52. The summed E-state index contributed by atoms with van der Waals surface area (Å²) in [5.41, 5.74) is 5.23. The number of hydrogen-bond acceptors (Lipinski definition) is 3. The molecule has 0 saturated carbocycles. The van der Waals surface area contributed by atoms with Gasteiger partial charge in [0.2, 0.25) is 5.91 Å². The zero-order chi connectivity index (χ0) is 16.5. The fraction of sp³-hybridized carbons (Fsp3) is 0.300. The molecule has 120 valence electrons. The highest BCUT2D eigenvalue weighted by Crippen LogP contribution is 2.29. The van der Waals surface area contributed by atoms with Crippen LogP contribution >= 0.6 is 0 Å². The summed E-state index contributed by atoms with van der Waals surface area (Å²) < 4.78 is 0. The van der Waals surface area contributed by atoms with Crippen molar-refractivity contribution in [1.82, 2.24) is 10.2 Å². The molecule has 0 aliphatic carbocycles. The smallest absolute Gasteiger partial charge is 0.240 e. The van der Waals surface area contributed by atoms with Crippen LogP contribution in [-0.4, -0.2) is 23.4 Å². The van der Waals surface area contributed by atoms with E-state index in [-0.39, 0.29) is 11.9 Å². The first kappa shape index (κ1) is 14.9. The average Bonchev–Trinajstić information content (AvgIpc) is 3.30. The molecule has 4 nitrogen and oxygen atoms in total. The van der Waals surface area contributed by atoms with Crippen LogP contribution in [0.1, 0.15) is 29.5 Å². The fourth-order valence-electron chi connectivity index (χ4n) is 3.61. The van der Waals surface area contributed by atoms with Crippen molar-refractivity contribution >= 4 is 5.91 Å². The van der Waals surface area contributed by atoms with Crippen molar-refractivity contribution < 1.29 is 4.79 Å². The fourth-order valence-corrected chi connectivity index (χ4v) is 3.61. The summed E-state index contributed by atoms with van der Waals surface area (Å²) in [4.78, 5) is 14.5. The number of nitrogens with zero attached hydrogens (tertiary/aromatic N) is 2. The van der Waals surface area contributed by atoms with Gasteiger partial charge in [0.1, 0.15) is 0 Å². The number of amides is 1. The lowest BCUT2D eigenvalue weighted by atomic mass is 9.99. The number of carbonyl (C=O) groups is 1. The molecule has 4 rings (SSSR count). The van der Waals surface area contributed by atoms with Gasteiger partial charge in [-0.2, -0.15) is 5.26 Å². The maximum absolute atomic E-state index is 12.6. The normalized spacial score (nSPS) is 19.1. The summed E-state index contributed by atoms with van der Waals surface area (Å²) in [5.74, 6) is 0.219. The van der Waals surface area contributed by atoms with Gasteiger partial charge in [-0.05, 0) is 59.8 Å². The molecule has 0 unspecified atom stereocenters. The molecule has 2 aromatic carbocycles. The van der Waals surface area contributed by atoms with E-state index in [1.54, 1.807) is 0 Å². The Hall–Kier alpha value is -2.64. The van der Waals surface area contributed by atoms with Crippen LogP contribution < -0.4 is 5.32 Å². The van der Waals surface area contributed by atoms with E-state index in [9.17, 15) is 4.79 Å². The molecule has 0 bridgehead atoms. The van der Waals surface area contributed by atoms with Crippen molar-refractivity contribution in [2.75, 3.05) is 6.54 Å². The minimum atomic E-state index is -0.00825. The highest BCUT2D eigenvalue weighted by Gasteiger charge is 2.30. The van der Waals surface area contributed by atoms with Gasteiger partial charge in [0.15, 0.2) is 0 Å². The first-order valence-corrected chi connectivity index (χ1v) is 8.39. The number of benzene rings is 2. The van der Waals surface area contributed by atoms with E-state index < -0.39 is 0 Å². The van der Waals surface area contributed by atoms with Crippen molar-refractivity contribution in [3.05, 3.63) is 59.2 Å². The van der Waals surface area contributed by atoms with E-state index in [1.165, 1.54) is 11.1 Å². The monoisotopic (exact) mass is 317 g/mol. The standard InChI is InChI=1S/C20H19N3O/c21-11-14-3-1-4-15(9-14)16-6-7-17-12-23(13-18(17)10-16)20(24)19-5-2-8-22-19/h1,3-4,6-7,9-10,19,22H,2,5,8,12-13H2/t19-/m0/s1. The molecule has 1 saturated heterocycles. The van der Waals surface area contributed by atoms with Gasteiger partial charge in [-0.25, -0.2) is 0 Å². The second-order valence-corrected chi connectivity index (χ2v) is 6.52. The molecule has 2 aliphatic rings. The molecule has 24 heavy (non-hydrogen) atoms. The van der Waals surface area contributed by atoms with E-state index in [2.05, 4.69) is 29.6 Å². The minimum Gasteiger partial charge on any atom is -0.333 e. The predicted molar refractivity (Wildman–Crippen MR) is 91.9 cm³/mol. The SMILES string of the molecule is N#Cc1cccc(-c2ccc3c(c2)CN(C(=O)[C@@H]2CCCN2)C3)c1. The van der Waals surface area contributed by atoms with Crippen LogP contribution in [0, 0.1) is 11.3 Å². The summed E-state index contributed by atoms with van der Waals surface area (Å²) in [7, 11) is 0. The molecule has 0 spiro atoms. The molecule has 1 N–H and O–H groups in total. The molecule has 1 fully saturated rings. The molecule has 4 heteroatoms. The topological polar surface area (TPSA) is 56.1 Å². The number of rotatable bonds is 2. The molecule has 1 atom stereocenters. The Kier molecular flexibility index (Phi) is 3.79. The predicted octanol–water partition coefficient (Wildman–Crippen LogP) is 2.82. The third kappa shape index (κ3) is 2.68. The molecule has 2 heterocycles. The maximum Gasteiger partial charge on any atom is 0.240 e. The van der Waals surface area contributed by atoms with Crippen molar-refractivity contribution in [2.24, 2.45) is 0 Å². The zero-order valence-corrected chi connectivity index (χ0v) is 13.5. The van der Waals surface area contributed by atoms with Crippen LogP contribution in [0.5, 0.6) is 0 Å². The summed E-state index contributed by atoms with van der Waals surface area (Å²) in [5, 5.41) is 12.4. The Morgan fingerprint density at radius 3 is 2.75 bits per heavy atom. The third-order valence-corrected chi connectivity index (χ3v) is 4.92. The van der Waals surface area contributed by atoms with Crippen molar-refractivity contribution in [2.45, 2.75) is 32.0 Å². The molecule has 2 aliphatic heterocycles. The average molecular weight is 317 g/mol. The van der Waals surface area contributed by atoms with Gasteiger partial charge in [-0.15, -0.1) is 0 Å². The lowest BCUT2D eigenvalue weighted by Crippen LogP contribution is -2.40. The van der Waals surface area contributed by atoms with Crippen LogP contribution in [-0.2, 0) is 17.9 Å². The summed E-state index contributed by atoms with van der Waals surface area (Å²) in [6.07, 6.45) is 2.02. The van der Waals surface area contributed by atoms with E-state index in [1.807, 2.05) is 29.2 Å². The molecule has 2 aromatic rings. The Labute approximate surface area is 141 Å². The highest BCUT2D eigenvalue weighted by atomic mass is 16.2. The molecule has 1 amide bonds. The van der Waals surface area contributed by atoms with Gasteiger partial charge in [0.05, 0.1) is 17.7 Å². The first-order chi connectivity index (χ1) is 11.7. The van der Waals surface area contributed by atoms with Gasteiger partial charge in [-0.3, -0.25) is 4.79 Å². The highest BCUT2D eigenvalue weighted by molar-refractivity contribution is 5.83. The van der Waals surface area contributed by atoms with E-state index in [0.29, 0.717) is 18.7 Å². The lowest BCUT2D eigenvalue weighted by Gasteiger charge is -2.19. The largest absolute Gasteiger partial charge is 0.333 e. The molecular formula is C20H19N3O. The molecule has 0 radical (unpaired) electrons. The quantitative estimate of drug-likeness (QED) is 0.926. The number of nitriles is 1. The van der Waals surface area contributed by atoms with Gasteiger partial charge >= 0.3 is 0 Å². The number of hydrogen-bond donors (Lipinski definition) is 1. The summed E-state index contributed by atoms with van der Waals surface area (Å²) in [6.45, 7) is 2.32. The Morgan fingerprint density at radius 1 is 1.12 bits per heavy atom. The van der Waals surface area contributed by atoms with Gasteiger partial charge in [-0.1, -0.05) is 24.3 Å². The Morgan fingerprint density at radius 2 is 1.96 bits per heavy atom. The van der Waals surface area contributed by atoms with Crippen LogP contribution in [0.15, 0.2) is 42.5 Å². The van der Waals surface area contributed by atoms with E-state index >= 15 is 0 Å². The second kappa shape index (κ2) is 6.10. The maximum atomic E-state index is 12.6.